The van der Waals surface area contributed by atoms with Crippen molar-refractivity contribution in [2.45, 2.75) is 52.0 Å². The summed E-state index contributed by atoms with van der Waals surface area (Å²) in [5, 5.41) is 15.1. The van der Waals surface area contributed by atoms with E-state index in [0.29, 0.717) is 12.0 Å². The van der Waals surface area contributed by atoms with Crippen molar-refractivity contribution in [1.82, 2.24) is 14.8 Å². The third kappa shape index (κ3) is 4.33. The second kappa shape index (κ2) is 9.85. The topological polar surface area (TPSA) is 134 Å². The molecule has 4 rings (SSSR count). The number of nitrogens with one attached hydrogen (secondary N) is 2. The molecule has 0 bridgehead atoms. The van der Waals surface area contributed by atoms with E-state index in [2.05, 4.69) is 16.7 Å². The van der Waals surface area contributed by atoms with Crippen LogP contribution < -0.4 is 10.6 Å². The number of benzene rings is 1. The number of rotatable bonds is 6. The summed E-state index contributed by atoms with van der Waals surface area (Å²) < 4.78 is 6.83. The fourth-order valence-corrected chi connectivity index (χ4v) is 5.09. The van der Waals surface area contributed by atoms with E-state index in [4.69, 9.17) is 4.74 Å². The van der Waals surface area contributed by atoms with Gasteiger partial charge in [-0.3, -0.25) is 23.9 Å². The Hall–Kier alpha value is -4.13. The maximum Gasteiger partial charge on any atom is 0.326 e. The number of imide groups is 1. The van der Waals surface area contributed by atoms with Crippen LogP contribution in [0.5, 0.6) is 0 Å². The Morgan fingerprint density at radius 3 is 2.61 bits per heavy atom. The number of nitriles is 1. The van der Waals surface area contributed by atoms with Crippen LogP contribution in [-0.2, 0) is 19.1 Å². The van der Waals surface area contributed by atoms with Gasteiger partial charge in [0, 0.05) is 11.4 Å². The van der Waals surface area contributed by atoms with Crippen molar-refractivity contribution in [3.63, 3.8) is 0 Å². The Morgan fingerprint density at radius 2 is 1.94 bits per heavy atom. The minimum Gasteiger partial charge on any atom is -0.454 e. The number of carbonyl (C=O) groups is 4. The molecule has 1 aromatic heterocycles. The summed E-state index contributed by atoms with van der Waals surface area (Å²) in [5.74, 6) is -1.70. The van der Waals surface area contributed by atoms with Gasteiger partial charge in [0.05, 0.1) is 5.56 Å². The summed E-state index contributed by atoms with van der Waals surface area (Å²) in [7, 11) is 0. The van der Waals surface area contributed by atoms with Crippen LogP contribution in [0.1, 0.15) is 49.4 Å². The second-order valence-electron chi connectivity index (χ2n) is 9.37. The lowest BCUT2D eigenvalue weighted by molar-refractivity contribution is -0.150. The number of para-hydroxylation sites is 1. The van der Waals surface area contributed by atoms with Crippen LogP contribution in [-0.4, -0.2) is 52.0 Å². The van der Waals surface area contributed by atoms with Crippen molar-refractivity contribution >= 4 is 29.6 Å². The SMILES string of the molecule is Cc1c(C#N)c(NC(=O)COC(=O)CN2C(=O)NC3(CCCCC3C)C2=O)n(-c2ccccc2)c1C. The van der Waals surface area contributed by atoms with Gasteiger partial charge < -0.3 is 15.4 Å². The van der Waals surface area contributed by atoms with Crippen LogP contribution in [0.2, 0.25) is 0 Å². The second-order valence-corrected chi connectivity index (χ2v) is 9.37. The number of nitrogens with zero attached hydrogens (tertiary/aromatic N) is 3. The molecule has 2 aliphatic rings. The largest absolute Gasteiger partial charge is 0.454 e. The van der Waals surface area contributed by atoms with E-state index in [9.17, 15) is 24.4 Å². The van der Waals surface area contributed by atoms with Crippen molar-refractivity contribution in [3.05, 3.63) is 47.2 Å². The van der Waals surface area contributed by atoms with Crippen molar-refractivity contribution in [1.29, 1.82) is 5.26 Å². The number of amides is 4. The number of carbonyl (C=O) groups excluding carboxylic acids is 4. The quantitative estimate of drug-likeness (QED) is 0.471. The number of anilines is 1. The van der Waals surface area contributed by atoms with Crippen LogP contribution >= 0.6 is 0 Å². The molecule has 2 heterocycles. The monoisotopic (exact) mass is 491 g/mol. The summed E-state index contributed by atoms with van der Waals surface area (Å²) in [5.41, 5.74) is 1.60. The molecule has 1 saturated heterocycles. The summed E-state index contributed by atoms with van der Waals surface area (Å²) in [6, 6.07) is 10.7. The van der Waals surface area contributed by atoms with Crippen molar-refractivity contribution in [2.75, 3.05) is 18.5 Å². The van der Waals surface area contributed by atoms with E-state index in [1.807, 2.05) is 44.2 Å². The normalized spacial score (nSPS) is 21.3. The molecule has 1 saturated carbocycles. The summed E-state index contributed by atoms with van der Waals surface area (Å²) in [4.78, 5) is 51.5. The van der Waals surface area contributed by atoms with Gasteiger partial charge >= 0.3 is 12.0 Å². The van der Waals surface area contributed by atoms with Gasteiger partial charge in [-0.1, -0.05) is 38.0 Å². The Balaban J connectivity index is 1.42. The van der Waals surface area contributed by atoms with Crippen molar-refractivity contribution < 1.29 is 23.9 Å². The third-order valence-corrected chi connectivity index (χ3v) is 7.25. The van der Waals surface area contributed by atoms with Gasteiger partial charge in [0.15, 0.2) is 6.61 Å². The minimum absolute atomic E-state index is 0.0309. The first-order chi connectivity index (χ1) is 17.2. The Labute approximate surface area is 209 Å². The standard InChI is InChI=1S/C26H29N5O5/c1-16-9-7-8-12-26(16)24(34)30(25(35)29-26)14-22(33)36-15-21(32)28-23-20(13-27)17(2)18(3)31(23)19-10-5-4-6-11-19/h4-6,10-11,16H,7-9,12,14-15H2,1-3H3,(H,28,32)(H,29,35). The molecule has 2 aromatic rings. The molecule has 1 aliphatic carbocycles. The van der Waals surface area contributed by atoms with Gasteiger partial charge in [0.2, 0.25) is 0 Å². The molecule has 2 fully saturated rings. The molecule has 36 heavy (non-hydrogen) atoms. The summed E-state index contributed by atoms with van der Waals surface area (Å²) >= 11 is 0. The van der Waals surface area contributed by atoms with E-state index >= 15 is 0 Å². The lowest BCUT2D eigenvalue weighted by Gasteiger charge is -2.36. The Kier molecular flexibility index (Phi) is 6.84. The van der Waals surface area contributed by atoms with E-state index in [0.717, 1.165) is 41.1 Å². The summed E-state index contributed by atoms with van der Waals surface area (Å²) in [6.07, 6.45) is 3.17. The highest BCUT2D eigenvalue weighted by atomic mass is 16.5. The lowest BCUT2D eigenvalue weighted by Crippen LogP contribution is -2.54. The molecule has 2 N–H and O–H groups in total. The van der Waals surface area contributed by atoms with Gasteiger partial charge in [-0.05, 0) is 50.3 Å². The smallest absolute Gasteiger partial charge is 0.326 e. The van der Waals surface area contributed by atoms with Crippen molar-refractivity contribution in [3.8, 4) is 11.8 Å². The van der Waals surface area contributed by atoms with Crippen LogP contribution in [0.4, 0.5) is 10.6 Å². The first-order valence-electron chi connectivity index (χ1n) is 12.0. The number of ether oxygens (including phenoxy) is 1. The molecule has 188 valence electrons. The molecular weight excluding hydrogens is 462 g/mol. The molecule has 2 atom stereocenters. The van der Waals surface area contributed by atoms with Gasteiger partial charge in [-0.15, -0.1) is 0 Å². The van der Waals surface area contributed by atoms with Crippen LogP contribution in [0, 0.1) is 31.1 Å². The molecule has 1 aromatic carbocycles. The molecule has 4 amide bonds. The average molecular weight is 492 g/mol. The number of hydrogen-bond acceptors (Lipinski definition) is 6. The van der Waals surface area contributed by atoms with E-state index in [1.165, 1.54) is 0 Å². The zero-order chi connectivity index (χ0) is 26.0. The molecule has 10 heteroatoms. The highest BCUT2D eigenvalue weighted by Gasteiger charge is 2.55. The molecule has 1 aliphatic heterocycles. The zero-order valence-electron chi connectivity index (χ0n) is 20.6. The predicted octanol–water partition coefficient (Wildman–Crippen LogP) is 2.95. The molecular formula is C26H29N5O5. The Bertz CT molecular complexity index is 1260. The first kappa shape index (κ1) is 25.0. The lowest BCUT2D eigenvalue weighted by atomic mass is 9.73. The van der Waals surface area contributed by atoms with Crippen LogP contribution in [0.3, 0.4) is 0 Å². The maximum absolute atomic E-state index is 13.0. The van der Waals surface area contributed by atoms with Gasteiger partial charge in [-0.2, -0.15) is 5.26 Å². The van der Waals surface area contributed by atoms with Gasteiger partial charge in [0.25, 0.3) is 11.8 Å². The zero-order valence-corrected chi connectivity index (χ0v) is 20.6. The maximum atomic E-state index is 13.0. The minimum atomic E-state index is -0.973. The number of hydrogen-bond donors (Lipinski definition) is 2. The number of aromatic nitrogens is 1. The summed E-state index contributed by atoms with van der Waals surface area (Å²) in [6.45, 7) is 4.35. The number of urea groups is 1. The van der Waals surface area contributed by atoms with Crippen molar-refractivity contribution in [2.24, 2.45) is 5.92 Å². The average Bonchev–Trinajstić information content (AvgIpc) is 3.24. The van der Waals surface area contributed by atoms with E-state index in [-0.39, 0.29) is 11.7 Å². The van der Waals surface area contributed by atoms with Gasteiger partial charge in [0.1, 0.15) is 24.0 Å². The molecule has 10 nitrogen and oxygen atoms in total. The molecule has 1 spiro atoms. The van der Waals surface area contributed by atoms with Gasteiger partial charge in [-0.25, -0.2) is 4.79 Å². The highest BCUT2D eigenvalue weighted by molar-refractivity contribution is 6.09. The predicted molar refractivity (Wildman–Crippen MR) is 130 cm³/mol. The van der Waals surface area contributed by atoms with Crippen LogP contribution in [0.25, 0.3) is 5.69 Å². The van der Waals surface area contributed by atoms with E-state index in [1.54, 1.807) is 11.5 Å². The molecule has 0 radical (unpaired) electrons. The fourth-order valence-electron chi connectivity index (χ4n) is 5.09. The third-order valence-electron chi connectivity index (χ3n) is 7.25. The fraction of sp³-hybridized carbons (Fsp3) is 0.423. The van der Waals surface area contributed by atoms with E-state index < -0.39 is 42.5 Å². The molecule has 2 unspecified atom stereocenters. The van der Waals surface area contributed by atoms with Crippen LogP contribution in [0.15, 0.2) is 30.3 Å². The number of esters is 1. The first-order valence-corrected chi connectivity index (χ1v) is 12.0. The Morgan fingerprint density at radius 1 is 1.22 bits per heavy atom. The highest BCUT2D eigenvalue weighted by Crippen LogP contribution is 2.38.